The van der Waals surface area contributed by atoms with Gasteiger partial charge >= 0.3 is 6.09 Å². The molecular formula is C14H22N2O3. The summed E-state index contributed by atoms with van der Waals surface area (Å²) >= 11 is 0. The first kappa shape index (κ1) is 15.5. The van der Waals surface area contributed by atoms with Crippen LogP contribution in [0, 0.1) is 0 Å². The van der Waals surface area contributed by atoms with Crippen LogP contribution >= 0.6 is 0 Å². The van der Waals surface area contributed by atoms with Gasteiger partial charge in [-0.25, -0.2) is 4.79 Å². The van der Waals surface area contributed by atoms with E-state index in [0.29, 0.717) is 19.0 Å². The van der Waals surface area contributed by atoms with Crippen LogP contribution in [-0.4, -0.2) is 30.9 Å². The number of amides is 1. The van der Waals surface area contributed by atoms with Crippen molar-refractivity contribution in [3.8, 4) is 0 Å². The lowest BCUT2D eigenvalue weighted by Crippen LogP contribution is -2.27. The monoisotopic (exact) mass is 266 g/mol. The molecule has 5 heteroatoms. The lowest BCUT2D eigenvalue weighted by Gasteiger charge is -2.13. The van der Waals surface area contributed by atoms with Gasteiger partial charge in [-0.2, -0.15) is 0 Å². The molecule has 0 radical (unpaired) electrons. The van der Waals surface area contributed by atoms with Crippen LogP contribution in [0.3, 0.4) is 0 Å². The van der Waals surface area contributed by atoms with E-state index in [4.69, 9.17) is 5.73 Å². The normalized spacial score (nSPS) is 12.4. The van der Waals surface area contributed by atoms with Crippen LogP contribution in [-0.2, 0) is 4.74 Å². The van der Waals surface area contributed by atoms with E-state index < -0.39 is 12.2 Å². The van der Waals surface area contributed by atoms with Gasteiger partial charge in [0.15, 0.2) is 0 Å². The Hall–Kier alpha value is -1.59. The fourth-order valence-corrected chi connectivity index (χ4v) is 1.68. The van der Waals surface area contributed by atoms with Crippen LogP contribution in [0.25, 0.3) is 0 Å². The van der Waals surface area contributed by atoms with E-state index in [0.717, 1.165) is 5.56 Å². The zero-order chi connectivity index (χ0) is 14.3. The van der Waals surface area contributed by atoms with Crippen molar-refractivity contribution in [1.82, 2.24) is 5.32 Å². The Kier molecular flexibility index (Phi) is 6.32. The number of benzene rings is 1. The van der Waals surface area contributed by atoms with Crippen LogP contribution in [0.15, 0.2) is 24.3 Å². The van der Waals surface area contributed by atoms with Crippen molar-refractivity contribution >= 4 is 6.09 Å². The highest BCUT2D eigenvalue weighted by atomic mass is 16.5. The molecule has 1 unspecified atom stereocenters. The summed E-state index contributed by atoms with van der Waals surface area (Å²) in [5.41, 5.74) is 6.94. The minimum atomic E-state index is -0.786. The Morgan fingerprint density at radius 3 is 2.42 bits per heavy atom. The number of aliphatic hydroxyl groups is 1. The molecule has 1 amide bonds. The van der Waals surface area contributed by atoms with Crippen molar-refractivity contribution < 1.29 is 14.6 Å². The van der Waals surface area contributed by atoms with Gasteiger partial charge in [0.2, 0.25) is 0 Å². The number of hydrogen-bond acceptors (Lipinski definition) is 4. The topological polar surface area (TPSA) is 84.6 Å². The van der Waals surface area contributed by atoms with Gasteiger partial charge in [-0.15, -0.1) is 0 Å². The number of hydrogen-bond donors (Lipinski definition) is 3. The molecule has 1 atom stereocenters. The highest BCUT2D eigenvalue weighted by molar-refractivity contribution is 5.64. The number of primary amides is 1. The molecule has 0 aliphatic heterocycles. The second-order valence-electron chi connectivity index (χ2n) is 4.71. The van der Waals surface area contributed by atoms with Gasteiger partial charge in [-0.3, -0.25) is 0 Å². The van der Waals surface area contributed by atoms with E-state index in [1.165, 1.54) is 5.56 Å². The molecule has 19 heavy (non-hydrogen) atoms. The summed E-state index contributed by atoms with van der Waals surface area (Å²) in [6, 6.07) is 7.92. The zero-order valence-electron chi connectivity index (χ0n) is 11.4. The van der Waals surface area contributed by atoms with Gasteiger partial charge < -0.3 is 20.9 Å². The average molecular weight is 266 g/mol. The molecule has 0 aromatic heterocycles. The van der Waals surface area contributed by atoms with Crippen LogP contribution in [0.5, 0.6) is 0 Å². The van der Waals surface area contributed by atoms with E-state index in [9.17, 15) is 9.90 Å². The summed E-state index contributed by atoms with van der Waals surface area (Å²) in [6.07, 6.45) is -1.36. The van der Waals surface area contributed by atoms with Gasteiger partial charge in [-0.1, -0.05) is 38.1 Å². The van der Waals surface area contributed by atoms with E-state index in [1.54, 1.807) is 0 Å². The van der Waals surface area contributed by atoms with Crippen LogP contribution < -0.4 is 11.1 Å². The predicted octanol–water partition coefficient (Wildman–Crippen LogP) is 1.53. The van der Waals surface area contributed by atoms with Crippen molar-refractivity contribution in [2.75, 3.05) is 19.7 Å². The standard InChI is InChI=1S/C14H22N2O3/c1-10(2)11-3-5-12(6-4-11)13(17)9-16-7-8-19-14(15)18/h3-6,10,13,16-17H,7-9H2,1-2H3,(H2,15,18). The number of nitrogens with one attached hydrogen (secondary N) is 1. The Morgan fingerprint density at radius 1 is 1.32 bits per heavy atom. The van der Waals surface area contributed by atoms with Gasteiger partial charge in [0.25, 0.3) is 0 Å². The lowest BCUT2D eigenvalue weighted by molar-refractivity contribution is 0.149. The summed E-state index contributed by atoms with van der Waals surface area (Å²) in [5, 5.41) is 13.0. The molecule has 0 saturated heterocycles. The smallest absolute Gasteiger partial charge is 0.404 e. The fraction of sp³-hybridized carbons (Fsp3) is 0.500. The van der Waals surface area contributed by atoms with Crippen molar-refractivity contribution in [1.29, 1.82) is 0 Å². The third kappa shape index (κ3) is 5.72. The second kappa shape index (κ2) is 7.76. The van der Waals surface area contributed by atoms with Gasteiger partial charge in [-0.05, 0) is 17.0 Å². The second-order valence-corrected chi connectivity index (χ2v) is 4.71. The molecule has 0 aliphatic carbocycles. The third-order valence-electron chi connectivity index (χ3n) is 2.85. The molecule has 1 aromatic rings. The van der Waals surface area contributed by atoms with E-state index in [1.807, 2.05) is 24.3 Å². The number of ether oxygens (including phenoxy) is 1. The Balaban J connectivity index is 2.32. The maximum absolute atomic E-state index is 10.3. The van der Waals surface area contributed by atoms with Crippen molar-refractivity contribution in [3.63, 3.8) is 0 Å². The van der Waals surface area contributed by atoms with Crippen molar-refractivity contribution in [2.45, 2.75) is 25.9 Å². The molecule has 0 aliphatic rings. The van der Waals surface area contributed by atoms with E-state index in [2.05, 4.69) is 23.9 Å². The molecule has 0 fully saturated rings. The number of nitrogens with two attached hydrogens (primary N) is 1. The predicted molar refractivity (Wildman–Crippen MR) is 73.9 cm³/mol. The maximum atomic E-state index is 10.3. The molecule has 0 heterocycles. The third-order valence-corrected chi connectivity index (χ3v) is 2.85. The minimum Gasteiger partial charge on any atom is -0.448 e. The summed E-state index contributed by atoms with van der Waals surface area (Å²) in [7, 11) is 0. The van der Waals surface area contributed by atoms with Gasteiger partial charge in [0.05, 0.1) is 6.10 Å². The van der Waals surface area contributed by atoms with Crippen molar-refractivity contribution in [2.24, 2.45) is 5.73 Å². The summed E-state index contributed by atoms with van der Waals surface area (Å²) in [4.78, 5) is 10.3. The molecular weight excluding hydrogens is 244 g/mol. The number of carbonyl (C=O) groups excluding carboxylic acids is 1. The summed E-state index contributed by atoms with van der Waals surface area (Å²) in [5.74, 6) is 0.482. The SMILES string of the molecule is CC(C)c1ccc(C(O)CNCCOC(N)=O)cc1. The Morgan fingerprint density at radius 2 is 1.89 bits per heavy atom. The quantitative estimate of drug-likeness (QED) is 0.653. The number of rotatable bonds is 7. The molecule has 1 aromatic carbocycles. The molecule has 0 spiro atoms. The lowest BCUT2D eigenvalue weighted by atomic mass is 10.00. The number of aliphatic hydroxyl groups excluding tert-OH is 1. The first-order valence-corrected chi connectivity index (χ1v) is 6.41. The molecule has 0 bridgehead atoms. The van der Waals surface area contributed by atoms with E-state index >= 15 is 0 Å². The maximum Gasteiger partial charge on any atom is 0.404 e. The summed E-state index contributed by atoms with van der Waals surface area (Å²) < 4.78 is 4.57. The van der Waals surface area contributed by atoms with Crippen LogP contribution in [0.2, 0.25) is 0 Å². The van der Waals surface area contributed by atoms with Gasteiger partial charge in [0, 0.05) is 13.1 Å². The summed E-state index contributed by atoms with van der Waals surface area (Å²) in [6.45, 7) is 5.33. The van der Waals surface area contributed by atoms with Crippen LogP contribution in [0.4, 0.5) is 4.79 Å². The average Bonchev–Trinajstić information content (AvgIpc) is 2.37. The molecule has 0 saturated carbocycles. The largest absolute Gasteiger partial charge is 0.448 e. The highest BCUT2D eigenvalue weighted by Gasteiger charge is 2.07. The molecule has 106 valence electrons. The Labute approximate surface area is 113 Å². The molecule has 1 rings (SSSR count). The Bertz CT molecular complexity index is 390. The highest BCUT2D eigenvalue weighted by Crippen LogP contribution is 2.18. The molecule has 5 nitrogen and oxygen atoms in total. The van der Waals surface area contributed by atoms with E-state index in [-0.39, 0.29) is 6.61 Å². The van der Waals surface area contributed by atoms with Gasteiger partial charge in [0.1, 0.15) is 6.61 Å². The molecule has 4 N–H and O–H groups in total. The van der Waals surface area contributed by atoms with Crippen LogP contribution in [0.1, 0.15) is 37.0 Å². The zero-order valence-corrected chi connectivity index (χ0v) is 11.4. The fourth-order valence-electron chi connectivity index (χ4n) is 1.68. The number of carbonyl (C=O) groups is 1. The first-order chi connectivity index (χ1) is 9.00. The minimum absolute atomic E-state index is 0.203. The first-order valence-electron chi connectivity index (χ1n) is 6.41. The van der Waals surface area contributed by atoms with Crippen molar-refractivity contribution in [3.05, 3.63) is 35.4 Å².